The van der Waals surface area contributed by atoms with Gasteiger partial charge in [-0.3, -0.25) is 9.59 Å². The molecule has 84 valence electrons. The molecule has 1 saturated heterocycles. The van der Waals surface area contributed by atoms with E-state index < -0.39 is 0 Å². The molecule has 0 aromatic heterocycles. The van der Waals surface area contributed by atoms with Gasteiger partial charge in [0.25, 0.3) is 0 Å². The van der Waals surface area contributed by atoms with Gasteiger partial charge in [0.15, 0.2) is 0 Å². The highest BCUT2D eigenvalue weighted by atomic mass is 16.6. The van der Waals surface area contributed by atoms with E-state index in [1.165, 1.54) is 0 Å². The summed E-state index contributed by atoms with van der Waals surface area (Å²) < 4.78 is 10.0. The molecule has 0 aromatic carbocycles. The van der Waals surface area contributed by atoms with Crippen LogP contribution in [0, 0.1) is 11.3 Å². The summed E-state index contributed by atoms with van der Waals surface area (Å²) in [5, 5.41) is 0. The Labute approximate surface area is 88.9 Å². The summed E-state index contributed by atoms with van der Waals surface area (Å²) in [4.78, 5) is 22.7. The van der Waals surface area contributed by atoms with Crippen LogP contribution in [-0.2, 0) is 19.1 Å². The van der Waals surface area contributed by atoms with Gasteiger partial charge in [-0.2, -0.15) is 0 Å². The van der Waals surface area contributed by atoms with Crippen LogP contribution in [-0.4, -0.2) is 24.6 Å². The van der Waals surface area contributed by atoms with Crippen molar-refractivity contribution in [1.82, 2.24) is 0 Å². The zero-order chi connectivity index (χ0) is 11.1. The van der Waals surface area contributed by atoms with Crippen molar-refractivity contribution in [2.75, 3.05) is 6.61 Å². The molecule has 4 nitrogen and oxygen atoms in total. The first kappa shape index (κ1) is 10.5. The monoisotopic (exact) mass is 212 g/mol. The van der Waals surface area contributed by atoms with E-state index in [-0.39, 0.29) is 36.5 Å². The normalized spacial score (nSPS) is 38.7. The SMILES string of the molecule is CCC1(C(=O)OC2COC(=O)C2)CC1C. The molecule has 0 spiro atoms. The quantitative estimate of drug-likeness (QED) is 0.661. The summed E-state index contributed by atoms with van der Waals surface area (Å²) in [6, 6.07) is 0. The number of ether oxygens (including phenoxy) is 2. The molecular weight excluding hydrogens is 196 g/mol. The van der Waals surface area contributed by atoms with E-state index in [2.05, 4.69) is 6.92 Å². The standard InChI is InChI=1S/C11H16O4/c1-3-11(5-7(11)2)10(13)15-8-4-9(12)14-6-8/h7-8H,3-6H2,1-2H3. The number of hydrogen-bond acceptors (Lipinski definition) is 4. The van der Waals surface area contributed by atoms with E-state index in [0.717, 1.165) is 12.8 Å². The minimum atomic E-state index is -0.360. The van der Waals surface area contributed by atoms with Crippen molar-refractivity contribution in [2.24, 2.45) is 11.3 Å². The van der Waals surface area contributed by atoms with Crippen molar-refractivity contribution in [3.8, 4) is 0 Å². The van der Waals surface area contributed by atoms with E-state index in [4.69, 9.17) is 9.47 Å². The Balaban J connectivity index is 1.90. The summed E-state index contributed by atoms with van der Waals surface area (Å²) in [7, 11) is 0. The molecule has 2 fully saturated rings. The van der Waals surface area contributed by atoms with Gasteiger partial charge < -0.3 is 9.47 Å². The van der Waals surface area contributed by atoms with Crippen molar-refractivity contribution in [3.63, 3.8) is 0 Å². The second-order valence-corrected chi connectivity index (χ2v) is 4.53. The fraction of sp³-hybridized carbons (Fsp3) is 0.818. The van der Waals surface area contributed by atoms with Crippen LogP contribution in [0.1, 0.15) is 33.1 Å². The summed E-state index contributed by atoms with van der Waals surface area (Å²) in [6.45, 7) is 4.28. The maximum atomic E-state index is 11.8. The molecule has 1 aliphatic carbocycles. The summed E-state index contributed by atoms with van der Waals surface area (Å²) in [5.41, 5.74) is -0.272. The zero-order valence-electron chi connectivity index (χ0n) is 9.12. The zero-order valence-corrected chi connectivity index (χ0v) is 9.12. The van der Waals surface area contributed by atoms with Gasteiger partial charge in [-0.15, -0.1) is 0 Å². The van der Waals surface area contributed by atoms with Gasteiger partial charge in [0, 0.05) is 0 Å². The van der Waals surface area contributed by atoms with Crippen LogP contribution in [0.5, 0.6) is 0 Å². The highest BCUT2D eigenvalue weighted by Gasteiger charge is 2.57. The molecule has 0 radical (unpaired) electrons. The smallest absolute Gasteiger partial charge is 0.312 e. The Morgan fingerprint density at radius 1 is 1.67 bits per heavy atom. The average molecular weight is 212 g/mol. The van der Waals surface area contributed by atoms with Crippen LogP contribution in [0.4, 0.5) is 0 Å². The predicted octanol–water partition coefficient (Wildman–Crippen LogP) is 1.28. The minimum absolute atomic E-state index is 0.152. The number of esters is 2. The third kappa shape index (κ3) is 1.73. The number of cyclic esters (lactones) is 1. The Morgan fingerprint density at radius 3 is 2.73 bits per heavy atom. The lowest BCUT2D eigenvalue weighted by Gasteiger charge is -2.16. The molecule has 2 aliphatic rings. The molecule has 1 aliphatic heterocycles. The fourth-order valence-corrected chi connectivity index (χ4v) is 2.24. The molecule has 0 amide bonds. The van der Waals surface area contributed by atoms with Crippen molar-refractivity contribution < 1.29 is 19.1 Å². The first-order valence-corrected chi connectivity index (χ1v) is 5.45. The topological polar surface area (TPSA) is 52.6 Å². The molecule has 2 rings (SSSR count). The highest BCUT2D eigenvalue weighted by Crippen LogP contribution is 2.55. The first-order chi connectivity index (χ1) is 7.08. The highest BCUT2D eigenvalue weighted by molar-refractivity contribution is 5.81. The second kappa shape index (κ2) is 3.51. The number of rotatable bonds is 3. The largest absolute Gasteiger partial charge is 0.462 e. The van der Waals surface area contributed by atoms with Gasteiger partial charge in [0.2, 0.25) is 0 Å². The van der Waals surface area contributed by atoms with Crippen LogP contribution >= 0.6 is 0 Å². The summed E-state index contributed by atoms with van der Waals surface area (Å²) in [5.74, 6) is -0.0176. The van der Waals surface area contributed by atoms with Crippen molar-refractivity contribution in [1.29, 1.82) is 0 Å². The molecule has 0 bridgehead atoms. The average Bonchev–Trinajstić information content (AvgIpc) is 2.70. The predicted molar refractivity (Wildman–Crippen MR) is 52.0 cm³/mol. The van der Waals surface area contributed by atoms with Gasteiger partial charge in [-0.1, -0.05) is 13.8 Å². The second-order valence-electron chi connectivity index (χ2n) is 4.53. The maximum absolute atomic E-state index is 11.8. The van der Waals surface area contributed by atoms with Gasteiger partial charge in [0.05, 0.1) is 11.8 Å². The Morgan fingerprint density at radius 2 is 2.33 bits per heavy atom. The van der Waals surface area contributed by atoms with Crippen molar-refractivity contribution >= 4 is 11.9 Å². The molecule has 3 unspecified atom stereocenters. The van der Waals surface area contributed by atoms with E-state index in [1.807, 2.05) is 6.92 Å². The molecule has 15 heavy (non-hydrogen) atoms. The lowest BCUT2D eigenvalue weighted by atomic mass is 10.0. The third-order valence-electron chi connectivity index (χ3n) is 3.59. The Bertz CT molecular complexity index is 295. The van der Waals surface area contributed by atoms with Crippen molar-refractivity contribution in [2.45, 2.75) is 39.2 Å². The van der Waals surface area contributed by atoms with E-state index in [1.54, 1.807) is 0 Å². The molecule has 0 aromatic rings. The lowest BCUT2D eigenvalue weighted by Crippen LogP contribution is -2.26. The number of carbonyl (C=O) groups excluding carboxylic acids is 2. The molecular formula is C11H16O4. The minimum Gasteiger partial charge on any atom is -0.462 e. The molecule has 1 heterocycles. The van der Waals surface area contributed by atoms with E-state index >= 15 is 0 Å². The van der Waals surface area contributed by atoms with Crippen LogP contribution in [0.25, 0.3) is 0 Å². The van der Waals surface area contributed by atoms with Gasteiger partial charge in [-0.25, -0.2) is 0 Å². The van der Waals surface area contributed by atoms with Crippen molar-refractivity contribution in [3.05, 3.63) is 0 Å². The fourth-order valence-electron chi connectivity index (χ4n) is 2.24. The first-order valence-electron chi connectivity index (χ1n) is 5.45. The van der Waals surface area contributed by atoms with Gasteiger partial charge in [-0.05, 0) is 18.8 Å². The van der Waals surface area contributed by atoms with Crippen LogP contribution in [0.3, 0.4) is 0 Å². The molecule has 4 heteroatoms. The lowest BCUT2D eigenvalue weighted by molar-refractivity contribution is -0.156. The third-order valence-corrected chi connectivity index (χ3v) is 3.59. The summed E-state index contributed by atoms with van der Waals surface area (Å²) in [6.07, 6.45) is 1.57. The molecule has 1 saturated carbocycles. The van der Waals surface area contributed by atoms with E-state index in [0.29, 0.717) is 5.92 Å². The maximum Gasteiger partial charge on any atom is 0.312 e. The van der Waals surface area contributed by atoms with Gasteiger partial charge >= 0.3 is 11.9 Å². The van der Waals surface area contributed by atoms with Crippen LogP contribution in [0.15, 0.2) is 0 Å². The van der Waals surface area contributed by atoms with Crippen LogP contribution in [0.2, 0.25) is 0 Å². The summed E-state index contributed by atoms with van der Waals surface area (Å²) >= 11 is 0. The Hall–Kier alpha value is -1.06. The number of hydrogen-bond donors (Lipinski definition) is 0. The number of carbonyl (C=O) groups is 2. The van der Waals surface area contributed by atoms with E-state index in [9.17, 15) is 9.59 Å². The Kier molecular flexibility index (Phi) is 2.44. The molecule has 0 N–H and O–H groups in total. The molecule has 3 atom stereocenters. The van der Waals surface area contributed by atoms with Gasteiger partial charge in [0.1, 0.15) is 12.7 Å². The van der Waals surface area contributed by atoms with Crippen LogP contribution < -0.4 is 0 Å².